The van der Waals surface area contributed by atoms with Crippen molar-refractivity contribution in [2.45, 2.75) is 211 Å². The van der Waals surface area contributed by atoms with Crippen LogP contribution in [0.2, 0.25) is 0 Å². The normalized spacial score (nSPS) is 22.6. The zero-order chi connectivity index (χ0) is 36.0. The Kier molecular flexibility index (Phi) is 29.3. The van der Waals surface area contributed by atoms with E-state index in [1.807, 2.05) is 6.08 Å². The molecular formula is C40H75NO8. The molecule has 0 bridgehead atoms. The van der Waals surface area contributed by atoms with Crippen LogP contribution in [0.5, 0.6) is 0 Å². The Morgan fingerprint density at radius 2 is 1.14 bits per heavy atom. The van der Waals surface area contributed by atoms with Crippen LogP contribution in [0, 0.1) is 0 Å². The van der Waals surface area contributed by atoms with Gasteiger partial charge < -0.3 is 40.3 Å². The standard InChI is InChI=1S/C40H75NO8/c1-3-5-7-9-11-13-15-16-17-18-20-22-24-26-28-30-36(44)41-33(32-48-40-39(47)38(46)37(45)35(31-42)49-40)34(43)29-27-25-23-21-19-14-12-10-8-6-4-2/h13,15,27,29,33-35,37-40,42-43,45-47H,3-12,14,16-26,28,30-32H2,1-2H3,(H,41,44)/b15-13-,29-27+. The van der Waals surface area contributed by atoms with E-state index in [-0.39, 0.29) is 12.5 Å². The van der Waals surface area contributed by atoms with Gasteiger partial charge in [-0.25, -0.2) is 0 Å². The van der Waals surface area contributed by atoms with E-state index in [1.54, 1.807) is 6.08 Å². The molecule has 6 N–H and O–H groups in total. The van der Waals surface area contributed by atoms with E-state index in [0.29, 0.717) is 6.42 Å². The topological polar surface area (TPSA) is 149 Å². The van der Waals surface area contributed by atoms with Crippen LogP contribution in [0.15, 0.2) is 24.3 Å². The predicted molar refractivity (Wildman–Crippen MR) is 198 cm³/mol. The molecule has 1 heterocycles. The largest absolute Gasteiger partial charge is 0.394 e. The maximum absolute atomic E-state index is 12.9. The highest BCUT2D eigenvalue weighted by atomic mass is 16.7. The van der Waals surface area contributed by atoms with E-state index in [1.165, 1.54) is 103 Å². The minimum atomic E-state index is -1.56. The summed E-state index contributed by atoms with van der Waals surface area (Å²) in [4.78, 5) is 12.9. The fourth-order valence-electron chi connectivity index (χ4n) is 6.21. The third-order valence-corrected chi connectivity index (χ3v) is 9.52. The van der Waals surface area contributed by atoms with Gasteiger partial charge in [-0.05, 0) is 44.9 Å². The van der Waals surface area contributed by atoms with Crippen LogP contribution >= 0.6 is 0 Å². The molecule has 7 unspecified atom stereocenters. The number of ether oxygens (including phenoxy) is 2. The van der Waals surface area contributed by atoms with Gasteiger partial charge in [-0.15, -0.1) is 0 Å². The summed E-state index contributed by atoms with van der Waals surface area (Å²) >= 11 is 0. The lowest BCUT2D eigenvalue weighted by atomic mass is 9.99. The van der Waals surface area contributed by atoms with E-state index in [0.717, 1.165) is 44.9 Å². The summed E-state index contributed by atoms with van der Waals surface area (Å²) in [7, 11) is 0. The van der Waals surface area contributed by atoms with Gasteiger partial charge >= 0.3 is 0 Å². The SMILES string of the molecule is CCCCCC/C=C\CCCCCCCCCC(=O)NC(COC1OC(CO)C(O)C(O)C1O)C(O)/C=C/CCCCCCCCCCC. The Hall–Kier alpha value is -1.33. The third-order valence-electron chi connectivity index (χ3n) is 9.52. The van der Waals surface area contributed by atoms with Gasteiger partial charge in [0.15, 0.2) is 6.29 Å². The summed E-state index contributed by atoms with van der Waals surface area (Å²) in [5.74, 6) is -0.185. The van der Waals surface area contributed by atoms with Gasteiger partial charge in [0.25, 0.3) is 0 Å². The van der Waals surface area contributed by atoms with Crippen LogP contribution in [0.3, 0.4) is 0 Å². The van der Waals surface area contributed by atoms with Crippen LogP contribution in [0.1, 0.15) is 168 Å². The van der Waals surface area contributed by atoms with Crippen molar-refractivity contribution < 1.29 is 39.8 Å². The van der Waals surface area contributed by atoms with E-state index in [2.05, 4.69) is 31.3 Å². The summed E-state index contributed by atoms with van der Waals surface area (Å²) in [5.41, 5.74) is 0. The average molecular weight is 698 g/mol. The fourth-order valence-corrected chi connectivity index (χ4v) is 6.21. The van der Waals surface area contributed by atoms with Crippen LogP contribution in [-0.2, 0) is 14.3 Å². The van der Waals surface area contributed by atoms with Crippen molar-refractivity contribution in [2.75, 3.05) is 13.2 Å². The predicted octanol–water partition coefficient (Wildman–Crippen LogP) is 7.16. The first kappa shape index (κ1) is 45.7. The number of aliphatic hydroxyl groups excluding tert-OH is 5. The van der Waals surface area contributed by atoms with Crippen molar-refractivity contribution >= 4 is 5.91 Å². The molecule has 1 aliphatic rings. The maximum Gasteiger partial charge on any atom is 0.220 e. The van der Waals surface area contributed by atoms with Gasteiger partial charge in [0.2, 0.25) is 5.91 Å². The number of allylic oxidation sites excluding steroid dienone is 3. The molecule has 1 aliphatic heterocycles. The van der Waals surface area contributed by atoms with Crippen molar-refractivity contribution in [1.82, 2.24) is 5.32 Å². The Morgan fingerprint density at radius 1 is 0.673 bits per heavy atom. The van der Waals surface area contributed by atoms with Gasteiger partial charge in [0.1, 0.15) is 24.4 Å². The Morgan fingerprint density at radius 3 is 1.67 bits per heavy atom. The van der Waals surface area contributed by atoms with Gasteiger partial charge in [0, 0.05) is 6.42 Å². The number of amides is 1. The highest BCUT2D eigenvalue weighted by molar-refractivity contribution is 5.76. The highest BCUT2D eigenvalue weighted by Gasteiger charge is 2.44. The number of carbonyl (C=O) groups is 1. The van der Waals surface area contributed by atoms with Crippen molar-refractivity contribution in [3.63, 3.8) is 0 Å². The molecule has 0 aromatic heterocycles. The van der Waals surface area contributed by atoms with E-state index >= 15 is 0 Å². The minimum Gasteiger partial charge on any atom is -0.394 e. The number of carbonyl (C=O) groups excluding carboxylic acids is 1. The second kappa shape index (κ2) is 31.4. The van der Waals surface area contributed by atoms with Crippen molar-refractivity contribution in [1.29, 1.82) is 0 Å². The lowest BCUT2D eigenvalue weighted by Crippen LogP contribution is -2.60. The molecular weight excluding hydrogens is 622 g/mol. The summed E-state index contributed by atoms with van der Waals surface area (Å²) in [6.07, 6.45) is 27.9. The summed E-state index contributed by atoms with van der Waals surface area (Å²) in [6.45, 7) is 3.72. The van der Waals surface area contributed by atoms with Crippen molar-refractivity contribution in [2.24, 2.45) is 0 Å². The average Bonchev–Trinajstić information content (AvgIpc) is 3.10. The zero-order valence-corrected chi connectivity index (χ0v) is 31.2. The number of hydrogen-bond acceptors (Lipinski definition) is 8. The lowest BCUT2D eigenvalue weighted by Gasteiger charge is -2.40. The van der Waals surface area contributed by atoms with Crippen LogP contribution in [0.25, 0.3) is 0 Å². The summed E-state index contributed by atoms with van der Waals surface area (Å²) < 4.78 is 11.2. The molecule has 9 heteroatoms. The molecule has 288 valence electrons. The molecule has 0 aromatic carbocycles. The zero-order valence-electron chi connectivity index (χ0n) is 31.2. The number of aliphatic hydroxyl groups is 5. The molecule has 1 rings (SSSR count). The first-order valence-electron chi connectivity index (χ1n) is 20.1. The fraction of sp³-hybridized carbons (Fsp3) is 0.875. The van der Waals surface area contributed by atoms with E-state index < -0.39 is 49.5 Å². The first-order chi connectivity index (χ1) is 23.8. The van der Waals surface area contributed by atoms with Crippen molar-refractivity contribution in [3.8, 4) is 0 Å². The molecule has 0 aliphatic carbocycles. The van der Waals surface area contributed by atoms with E-state index in [4.69, 9.17) is 9.47 Å². The third kappa shape index (κ3) is 23.0. The minimum absolute atomic E-state index is 0.185. The molecule has 1 amide bonds. The van der Waals surface area contributed by atoms with Gasteiger partial charge in [-0.1, -0.05) is 141 Å². The first-order valence-corrected chi connectivity index (χ1v) is 20.1. The van der Waals surface area contributed by atoms with Crippen molar-refractivity contribution in [3.05, 3.63) is 24.3 Å². The van der Waals surface area contributed by atoms with Crippen LogP contribution < -0.4 is 5.32 Å². The lowest BCUT2D eigenvalue weighted by molar-refractivity contribution is -0.302. The Labute approximate surface area is 298 Å². The Bertz CT molecular complexity index is 822. The van der Waals surface area contributed by atoms with Gasteiger partial charge in [0.05, 0.1) is 25.4 Å². The summed E-state index contributed by atoms with van der Waals surface area (Å²) in [5, 5.41) is 53.9. The Balaban J connectivity index is 2.43. The molecule has 0 spiro atoms. The molecule has 0 radical (unpaired) electrons. The molecule has 0 saturated carbocycles. The molecule has 9 nitrogen and oxygen atoms in total. The smallest absolute Gasteiger partial charge is 0.220 e. The van der Waals surface area contributed by atoms with E-state index in [9.17, 15) is 30.3 Å². The van der Waals surface area contributed by atoms with Crippen LogP contribution in [0.4, 0.5) is 0 Å². The monoisotopic (exact) mass is 698 g/mol. The number of unbranched alkanes of at least 4 members (excludes halogenated alkanes) is 20. The van der Waals surface area contributed by atoms with Gasteiger partial charge in [-0.2, -0.15) is 0 Å². The summed E-state index contributed by atoms with van der Waals surface area (Å²) in [6, 6.07) is -0.801. The quantitative estimate of drug-likeness (QED) is 0.0320. The second-order valence-corrected chi connectivity index (χ2v) is 14.1. The molecule has 7 atom stereocenters. The van der Waals surface area contributed by atoms with Gasteiger partial charge in [-0.3, -0.25) is 4.79 Å². The maximum atomic E-state index is 12.9. The molecule has 0 aromatic rings. The molecule has 1 saturated heterocycles. The number of rotatable bonds is 32. The number of hydrogen-bond donors (Lipinski definition) is 6. The highest BCUT2D eigenvalue weighted by Crippen LogP contribution is 2.22. The molecule has 49 heavy (non-hydrogen) atoms. The van der Waals surface area contributed by atoms with Crippen LogP contribution in [-0.4, -0.2) is 87.5 Å². The second-order valence-electron chi connectivity index (χ2n) is 14.1. The number of nitrogens with one attached hydrogen (secondary N) is 1. The molecule has 1 fully saturated rings.